The molecule has 1 aliphatic rings. The molecule has 37 heavy (non-hydrogen) atoms. The Morgan fingerprint density at radius 2 is 1.57 bits per heavy atom. The van der Waals surface area contributed by atoms with E-state index in [0.29, 0.717) is 11.1 Å². The van der Waals surface area contributed by atoms with Crippen molar-refractivity contribution in [2.24, 2.45) is 0 Å². The van der Waals surface area contributed by atoms with Crippen LogP contribution in [0.4, 0.5) is 14.5 Å². The molecule has 0 spiro atoms. The van der Waals surface area contributed by atoms with E-state index in [0.717, 1.165) is 24.8 Å². The van der Waals surface area contributed by atoms with Crippen molar-refractivity contribution in [3.05, 3.63) is 101 Å². The predicted octanol–water partition coefficient (Wildman–Crippen LogP) is 5.44. The third kappa shape index (κ3) is 5.05. The molecule has 0 aromatic heterocycles. The van der Waals surface area contributed by atoms with Crippen molar-refractivity contribution >= 4 is 23.1 Å². The van der Waals surface area contributed by atoms with Crippen molar-refractivity contribution in [2.45, 2.75) is 26.4 Å². The molecule has 1 saturated heterocycles. The number of benzene rings is 3. The van der Waals surface area contributed by atoms with Crippen molar-refractivity contribution in [1.82, 2.24) is 4.90 Å². The number of aliphatic hydroxyl groups excluding tert-OH is 1. The Kier molecular flexibility index (Phi) is 7.57. The summed E-state index contributed by atoms with van der Waals surface area (Å²) in [6.07, 6.45) is 0. The molecule has 6 nitrogen and oxygen atoms in total. The van der Waals surface area contributed by atoms with E-state index in [1.54, 1.807) is 12.1 Å². The van der Waals surface area contributed by atoms with Gasteiger partial charge >= 0.3 is 0 Å². The van der Waals surface area contributed by atoms with Gasteiger partial charge in [0, 0.05) is 25.3 Å². The van der Waals surface area contributed by atoms with Crippen molar-refractivity contribution in [3.63, 3.8) is 0 Å². The van der Waals surface area contributed by atoms with E-state index in [9.17, 15) is 23.5 Å². The lowest BCUT2D eigenvalue weighted by atomic mass is 9.94. The van der Waals surface area contributed by atoms with Gasteiger partial charge in [0.2, 0.25) is 0 Å². The fraction of sp³-hybridized carbons (Fsp3) is 0.241. The number of aliphatic hydroxyl groups is 1. The number of hydrogen-bond donors (Lipinski definition) is 1. The summed E-state index contributed by atoms with van der Waals surface area (Å²) in [4.78, 5) is 30.0. The predicted molar refractivity (Wildman–Crippen MR) is 137 cm³/mol. The van der Waals surface area contributed by atoms with Crippen molar-refractivity contribution in [1.29, 1.82) is 0 Å². The molecular formula is C29H28F2N2O4. The minimum Gasteiger partial charge on any atom is -0.507 e. The zero-order chi connectivity index (χ0) is 26.7. The highest BCUT2D eigenvalue weighted by Crippen LogP contribution is 2.42. The molecule has 3 aromatic rings. The molecule has 0 bridgehead atoms. The smallest absolute Gasteiger partial charge is 0.295 e. The Hall–Kier alpha value is -4.20. The van der Waals surface area contributed by atoms with Crippen LogP contribution >= 0.6 is 0 Å². The summed E-state index contributed by atoms with van der Waals surface area (Å²) in [5.41, 5.74) is 1.96. The number of likely N-dealkylation sites (tertiary alicyclic amines) is 1. The van der Waals surface area contributed by atoms with Crippen LogP contribution in [0.5, 0.6) is 5.75 Å². The first kappa shape index (κ1) is 25.9. The molecular weight excluding hydrogens is 478 g/mol. The Morgan fingerprint density at radius 3 is 2.16 bits per heavy atom. The highest BCUT2D eigenvalue weighted by Gasteiger charge is 2.46. The van der Waals surface area contributed by atoms with Gasteiger partial charge in [0.25, 0.3) is 11.7 Å². The van der Waals surface area contributed by atoms with Gasteiger partial charge in [-0.05, 0) is 67.4 Å². The summed E-state index contributed by atoms with van der Waals surface area (Å²) < 4.78 is 32.9. The molecule has 1 unspecified atom stereocenters. The van der Waals surface area contributed by atoms with E-state index in [1.807, 2.05) is 26.0 Å². The van der Waals surface area contributed by atoms with Gasteiger partial charge in [0.05, 0.1) is 24.3 Å². The fourth-order valence-electron chi connectivity index (χ4n) is 4.64. The molecule has 3 aromatic carbocycles. The van der Waals surface area contributed by atoms with Crippen molar-refractivity contribution < 1.29 is 28.2 Å². The van der Waals surface area contributed by atoms with E-state index in [1.165, 1.54) is 48.4 Å². The van der Waals surface area contributed by atoms with Crippen LogP contribution in [-0.2, 0) is 16.1 Å². The van der Waals surface area contributed by atoms with E-state index >= 15 is 0 Å². The maximum Gasteiger partial charge on any atom is 0.295 e. The number of hydrogen-bond acceptors (Lipinski definition) is 5. The molecule has 192 valence electrons. The topological polar surface area (TPSA) is 70.1 Å². The van der Waals surface area contributed by atoms with Crippen LogP contribution in [0.25, 0.3) is 5.76 Å². The first-order valence-corrected chi connectivity index (χ1v) is 12.0. The number of anilines is 1. The zero-order valence-electron chi connectivity index (χ0n) is 20.9. The number of ether oxygens (including phenoxy) is 1. The molecule has 1 N–H and O–H groups in total. The third-order valence-corrected chi connectivity index (χ3v) is 6.56. The van der Waals surface area contributed by atoms with Crippen LogP contribution < -0.4 is 9.64 Å². The number of Topliss-reactive ketones (excluding diaryl/α,β-unsaturated/α-hetero) is 1. The second-order valence-electron chi connectivity index (χ2n) is 8.66. The molecule has 1 amide bonds. The lowest BCUT2D eigenvalue weighted by Gasteiger charge is -2.27. The lowest BCUT2D eigenvalue weighted by molar-refractivity contribution is -0.140. The van der Waals surface area contributed by atoms with Gasteiger partial charge in [-0.3, -0.25) is 9.59 Å². The van der Waals surface area contributed by atoms with Crippen LogP contribution in [0.15, 0.2) is 72.3 Å². The Labute approximate surface area is 214 Å². The van der Waals surface area contributed by atoms with Crippen molar-refractivity contribution in [3.8, 4) is 5.75 Å². The van der Waals surface area contributed by atoms with Gasteiger partial charge in [-0.1, -0.05) is 24.3 Å². The third-order valence-electron chi connectivity index (χ3n) is 6.56. The van der Waals surface area contributed by atoms with E-state index in [4.69, 9.17) is 4.74 Å². The van der Waals surface area contributed by atoms with Gasteiger partial charge in [0.15, 0.2) is 0 Å². The first-order chi connectivity index (χ1) is 17.8. The maximum absolute atomic E-state index is 14.1. The molecule has 4 rings (SSSR count). The minimum absolute atomic E-state index is 0.00435. The Morgan fingerprint density at radius 1 is 0.946 bits per heavy atom. The Balaban J connectivity index is 1.87. The number of rotatable bonds is 8. The van der Waals surface area contributed by atoms with Crippen LogP contribution in [0, 0.1) is 11.6 Å². The highest BCUT2D eigenvalue weighted by molar-refractivity contribution is 6.46. The quantitative estimate of drug-likeness (QED) is 0.250. The molecule has 0 aliphatic carbocycles. The van der Waals surface area contributed by atoms with Gasteiger partial charge < -0.3 is 19.6 Å². The molecule has 1 fully saturated rings. The monoisotopic (exact) mass is 506 g/mol. The molecule has 1 heterocycles. The number of halogens is 2. The first-order valence-electron chi connectivity index (χ1n) is 12.0. The number of methoxy groups -OCH3 is 1. The van der Waals surface area contributed by atoms with Crippen LogP contribution in [0.2, 0.25) is 0 Å². The summed E-state index contributed by atoms with van der Waals surface area (Å²) in [5, 5.41) is 11.3. The van der Waals surface area contributed by atoms with Gasteiger partial charge in [-0.2, -0.15) is 0 Å². The lowest BCUT2D eigenvalue weighted by Crippen LogP contribution is -2.29. The zero-order valence-corrected chi connectivity index (χ0v) is 20.9. The van der Waals surface area contributed by atoms with Gasteiger partial charge in [-0.25, -0.2) is 8.78 Å². The van der Waals surface area contributed by atoms with Gasteiger partial charge in [-0.15, -0.1) is 0 Å². The summed E-state index contributed by atoms with van der Waals surface area (Å²) in [7, 11) is 1.36. The fourth-order valence-corrected chi connectivity index (χ4v) is 4.64. The van der Waals surface area contributed by atoms with Gasteiger partial charge in [0.1, 0.15) is 23.1 Å². The standard InChI is InChI=1S/C29H28F2N2O4/c1-4-32(5-2)22-13-8-19(9-14-22)26-25(27(34)23-16-21(31)12-15-24(23)37-3)28(35)29(36)33(26)17-18-6-10-20(30)11-7-18/h6-16,26,34H,4-5,17H2,1-3H3/b27-25+. The highest BCUT2D eigenvalue weighted by atomic mass is 19.1. The minimum atomic E-state index is -0.955. The summed E-state index contributed by atoms with van der Waals surface area (Å²) in [6, 6.07) is 15.6. The average Bonchev–Trinajstić information content (AvgIpc) is 3.15. The SMILES string of the molecule is CCN(CC)c1ccc(C2/C(=C(\O)c3cc(F)ccc3OC)C(=O)C(=O)N2Cc2ccc(F)cc2)cc1. The maximum atomic E-state index is 14.1. The number of nitrogens with zero attached hydrogens (tertiary/aromatic N) is 2. The second kappa shape index (κ2) is 10.8. The van der Waals surface area contributed by atoms with Crippen LogP contribution in [0.3, 0.4) is 0 Å². The second-order valence-corrected chi connectivity index (χ2v) is 8.66. The van der Waals surface area contributed by atoms with Crippen LogP contribution in [-0.4, -0.2) is 41.9 Å². The average molecular weight is 507 g/mol. The molecule has 0 radical (unpaired) electrons. The van der Waals surface area contributed by atoms with E-state index in [-0.39, 0.29) is 23.4 Å². The van der Waals surface area contributed by atoms with E-state index in [2.05, 4.69) is 4.90 Å². The largest absolute Gasteiger partial charge is 0.507 e. The number of ketones is 1. The summed E-state index contributed by atoms with van der Waals surface area (Å²) in [6.45, 7) is 5.70. The molecule has 8 heteroatoms. The number of amides is 1. The number of carbonyl (C=O) groups excluding carboxylic acids is 2. The normalized spacial score (nSPS) is 16.8. The molecule has 0 saturated carbocycles. The molecule has 1 atom stereocenters. The number of carbonyl (C=O) groups is 2. The van der Waals surface area contributed by atoms with E-state index < -0.39 is 35.1 Å². The Bertz CT molecular complexity index is 1330. The van der Waals surface area contributed by atoms with Crippen LogP contribution in [0.1, 0.15) is 36.6 Å². The summed E-state index contributed by atoms with van der Waals surface area (Å²) >= 11 is 0. The van der Waals surface area contributed by atoms with Crippen molar-refractivity contribution in [2.75, 3.05) is 25.1 Å². The summed E-state index contributed by atoms with van der Waals surface area (Å²) in [5.74, 6) is -3.16. The molecule has 1 aliphatic heterocycles.